The molecule has 1 amide bonds. The minimum atomic E-state index is -3.64. The Morgan fingerprint density at radius 1 is 0.811 bits per heavy atom. The summed E-state index contributed by atoms with van der Waals surface area (Å²) < 4.78 is 43.1. The normalized spacial score (nSPS) is 11.0. The molecule has 10 heteroatoms. The number of carbonyl (C=O) groups is 2. The van der Waals surface area contributed by atoms with Gasteiger partial charge in [0.05, 0.1) is 37.5 Å². The molecule has 9 nitrogen and oxygen atoms in total. The summed E-state index contributed by atoms with van der Waals surface area (Å²) in [5, 5.41) is 2.71. The van der Waals surface area contributed by atoms with Gasteiger partial charge in [0.1, 0.15) is 0 Å². The van der Waals surface area contributed by atoms with Crippen molar-refractivity contribution in [1.29, 1.82) is 0 Å². The Kier molecular flexibility index (Phi) is 9.64. The summed E-state index contributed by atoms with van der Waals surface area (Å²) in [5.74, 6) is -0.299. The number of nitrogens with one attached hydrogen (secondary N) is 2. The monoisotopic (exact) mass is 526 g/mol. The minimum Gasteiger partial charge on any atom is -0.493 e. The molecule has 3 rings (SSSR count). The van der Waals surface area contributed by atoms with Crippen molar-refractivity contribution in [1.82, 2.24) is 4.72 Å². The van der Waals surface area contributed by atoms with Gasteiger partial charge in [0.25, 0.3) is 0 Å². The number of esters is 1. The van der Waals surface area contributed by atoms with Crippen molar-refractivity contribution in [3.8, 4) is 11.5 Å². The molecule has 0 aliphatic heterocycles. The Morgan fingerprint density at radius 3 is 2.05 bits per heavy atom. The summed E-state index contributed by atoms with van der Waals surface area (Å²) in [6, 6.07) is 18.9. The number of amides is 1. The molecule has 0 bridgehead atoms. The van der Waals surface area contributed by atoms with Gasteiger partial charge in [0, 0.05) is 25.1 Å². The third kappa shape index (κ3) is 7.55. The predicted octanol–water partition coefficient (Wildman–Crippen LogP) is 3.58. The third-order valence-corrected chi connectivity index (χ3v) is 7.10. The highest BCUT2D eigenvalue weighted by Gasteiger charge is 2.19. The van der Waals surface area contributed by atoms with Crippen molar-refractivity contribution in [3.05, 3.63) is 83.4 Å². The number of carbonyl (C=O) groups excluding carboxylic acids is 2. The van der Waals surface area contributed by atoms with Crippen molar-refractivity contribution in [2.75, 3.05) is 33.2 Å². The predicted molar refractivity (Wildman–Crippen MR) is 140 cm³/mol. The molecule has 3 aromatic rings. The van der Waals surface area contributed by atoms with Crippen LogP contribution in [0.25, 0.3) is 0 Å². The summed E-state index contributed by atoms with van der Waals surface area (Å²) in [5.41, 5.74) is 2.20. The van der Waals surface area contributed by atoms with Crippen LogP contribution in [-0.4, -0.2) is 48.2 Å². The number of ether oxygens (including phenoxy) is 3. The second kappa shape index (κ2) is 12.9. The van der Waals surface area contributed by atoms with Crippen molar-refractivity contribution in [2.45, 2.75) is 24.2 Å². The molecule has 0 aliphatic rings. The number of rotatable bonds is 12. The first-order chi connectivity index (χ1) is 17.8. The highest BCUT2D eigenvalue weighted by Crippen LogP contribution is 2.34. The summed E-state index contributed by atoms with van der Waals surface area (Å²) in [7, 11) is 0.488. The van der Waals surface area contributed by atoms with Gasteiger partial charge in [-0.2, -0.15) is 0 Å². The first-order valence-electron chi connectivity index (χ1n) is 11.5. The van der Waals surface area contributed by atoms with E-state index in [0.717, 1.165) is 11.1 Å². The molecule has 0 saturated carbocycles. The molecule has 0 atom stereocenters. The number of hydrogen-bond acceptors (Lipinski definition) is 7. The average Bonchev–Trinajstić information content (AvgIpc) is 2.92. The second-order valence-corrected chi connectivity index (χ2v) is 9.84. The van der Waals surface area contributed by atoms with E-state index < -0.39 is 16.0 Å². The van der Waals surface area contributed by atoms with E-state index in [1.165, 1.54) is 45.6 Å². The molecule has 0 unspecified atom stereocenters. The number of aryl methyl sites for hydroxylation is 1. The Morgan fingerprint density at radius 2 is 1.43 bits per heavy atom. The second-order valence-electron chi connectivity index (χ2n) is 8.07. The largest absolute Gasteiger partial charge is 0.493 e. The van der Waals surface area contributed by atoms with E-state index in [1.54, 1.807) is 12.1 Å². The molecular formula is C27H30N2O7S. The summed E-state index contributed by atoms with van der Waals surface area (Å²) in [6.45, 7) is 0.290. The van der Waals surface area contributed by atoms with Gasteiger partial charge < -0.3 is 19.5 Å². The molecule has 0 fully saturated rings. The van der Waals surface area contributed by atoms with Crippen LogP contribution in [0.3, 0.4) is 0 Å². The molecular weight excluding hydrogens is 496 g/mol. The minimum absolute atomic E-state index is 0.108. The number of benzene rings is 3. The molecule has 0 aromatic heterocycles. The van der Waals surface area contributed by atoms with Gasteiger partial charge >= 0.3 is 5.97 Å². The molecule has 37 heavy (non-hydrogen) atoms. The Balaban J connectivity index is 1.59. The number of sulfonamides is 1. The van der Waals surface area contributed by atoms with E-state index in [-0.39, 0.29) is 35.0 Å². The molecule has 0 aliphatic carbocycles. The zero-order chi connectivity index (χ0) is 26.8. The third-order valence-electron chi connectivity index (χ3n) is 5.63. The molecule has 0 spiro atoms. The fraction of sp³-hybridized carbons (Fsp3) is 0.259. The van der Waals surface area contributed by atoms with E-state index in [2.05, 4.69) is 10.0 Å². The van der Waals surface area contributed by atoms with Crippen LogP contribution in [0.15, 0.2) is 71.6 Å². The maximum atomic E-state index is 12.6. The van der Waals surface area contributed by atoms with Crippen molar-refractivity contribution in [3.63, 3.8) is 0 Å². The van der Waals surface area contributed by atoms with Crippen molar-refractivity contribution < 1.29 is 32.2 Å². The zero-order valence-electron chi connectivity index (χ0n) is 20.9. The van der Waals surface area contributed by atoms with Gasteiger partial charge in [-0.3, -0.25) is 4.79 Å². The topological polar surface area (TPSA) is 120 Å². The van der Waals surface area contributed by atoms with Crippen molar-refractivity contribution in [2.24, 2.45) is 0 Å². The zero-order valence-corrected chi connectivity index (χ0v) is 21.8. The lowest BCUT2D eigenvalue weighted by molar-refractivity contribution is -0.116. The standard InChI is InChI=1S/C27H30N2O7S/c1-34-24-17-22(27(31)36-3)23(18-25(24)35-2)29-26(30)14-11-20-9-12-21(13-10-20)37(32,33)28-16-15-19-7-5-4-6-8-19/h4-10,12-13,17-18,28H,11,14-16H2,1-3H3,(H,29,30). The highest BCUT2D eigenvalue weighted by atomic mass is 32.2. The quantitative estimate of drug-likeness (QED) is 0.346. The van der Waals surface area contributed by atoms with Crippen LogP contribution in [0.4, 0.5) is 5.69 Å². The number of anilines is 1. The SMILES string of the molecule is COC(=O)c1cc(OC)c(OC)cc1NC(=O)CCc1ccc(S(=O)(=O)NCCc2ccccc2)cc1. The first kappa shape index (κ1) is 27.7. The lowest BCUT2D eigenvalue weighted by Gasteiger charge is -2.14. The Labute approximate surface area is 216 Å². The van der Waals surface area contributed by atoms with Gasteiger partial charge in [0.15, 0.2) is 11.5 Å². The number of hydrogen-bond donors (Lipinski definition) is 2. The van der Waals surface area contributed by atoms with Crippen molar-refractivity contribution >= 4 is 27.6 Å². The Bertz CT molecular complexity index is 1320. The number of methoxy groups -OCH3 is 3. The van der Waals surface area contributed by atoms with Crippen LogP contribution in [0.1, 0.15) is 27.9 Å². The fourth-order valence-electron chi connectivity index (χ4n) is 3.62. The van der Waals surface area contributed by atoms with E-state index in [1.807, 2.05) is 30.3 Å². The summed E-state index contributed by atoms with van der Waals surface area (Å²) in [6.07, 6.45) is 1.07. The van der Waals surface area contributed by atoms with E-state index >= 15 is 0 Å². The first-order valence-corrected chi connectivity index (χ1v) is 13.0. The van der Waals surface area contributed by atoms with Crippen LogP contribution < -0.4 is 19.5 Å². The van der Waals surface area contributed by atoms with Crippen LogP contribution in [0.2, 0.25) is 0 Å². The smallest absolute Gasteiger partial charge is 0.340 e. The maximum absolute atomic E-state index is 12.6. The van der Waals surface area contributed by atoms with Gasteiger partial charge in [0.2, 0.25) is 15.9 Å². The van der Waals surface area contributed by atoms with Gasteiger partial charge in [-0.1, -0.05) is 42.5 Å². The van der Waals surface area contributed by atoms with Gasteiger partial charge in [-0.15, -0.1) is 0 Å². The molecule has 196 valence electrons. The maximum Gasteiger partial charge on any atom is 0.340 e. The van der Waals surface area contributed by atoms with Crippen LogP contribution in [0.5, 0.6) is 11.5 Å². The van der Waals surface area contributed by atoms with E-state index in [0.29, 0.717) is 24.3 Å². The lowest BCUT2D eigenvalue weighted by Crippen LogP contribution is -2.26. The van der Waals surface area contributed by atoms with Crippen LogP contribution >= 0.6 is 0 Å². The Hall–Kier alpha value is -3.89. The van der Waals surface area contributed by atoms with Crippen LogP contribution in [0, 0.1) is 0 Å². The molecule has 2 N–H and O–H groups in total. The molecule has 0 saturated heterocycles. The highest BCUT2D eigenvalue weighted by molar-refractivity contribution is 7.89. The van der Waals surface area contributed by atoms with E-state index in [9.17, 15) is 18.0 Å². The average molecular weight is 527 g/mol. The summed E-state index contributed by atoms with van der Waals surface area (Å²) >= 11 is 0. The summed E-state index contributed by atoms with van der Waals surface area (Å²) in [4.78, 5) is 25.0. The van der Waals surface area contributed by atoms with Gasteiger partial charge in [-0.25, -0.2) is 17.9 Å². The molecule has 3 aromatic carbocycles. The molecule has 0 radical (unpaired) electrons. The van der Waals surface area contributed by atoms with Crippen LogP contribution in [-0.2, 0) is 32.4 Å². The lowest BCUT2D eigenvalue weighted by atomic mass is 10.1. The fourth-order valence-corrected chi connectivity index (χ4v) is 4.66. The van der Waals surface area contributed by atoms with E-state index in [4.69, 9.17) is 14.2 Å². The molecule has 0 heterocycles. The van der Waals surface area contributed by atoms with Gasteiger partial charge in [-0.05, 0) is 36.1 Å².